The van der Waals surface area contributed by atoms with Crippen LogP contribution >= 0.6 is 0 Å². The van der Waals surface area contributed by atoms with E-state index in [2.05, 4.69) is 51.5 Å². The lowest BCUT2D eigenvalue weighted by Gasteiger charge is -2.25. The molecular formula is C17H38N2O. The van der Waals surface area contributed by atoms with E-state index in [0.717, 1.165) is 44.7 Å². The van der Waals surface area contributed by atoms with E-state index in [9.17, 15) is 0 Å². The van der Waals surface area contributed by atoms with Crippen molar-refractivity contribution in [3.63, 3.8) is 0 Å². The molecule has 0 saturated heterocycles. The second kappa shape index (κ2) is 12.6. The van der Waals surface area contributed by atoms with E-state index in [4.69, 9.17) is 4.74 Å². The zero-order chi connectivity index (χ0) is 15.4. The molecule has 0 unspecified atom stereocenters. The molecule has 0 aliphatic rings. The number of ether oxygens (including phenoxy) is 1. The maximum absolute atomic E-state index is 5.70. The fourth-order valence-electron chi connectivity index (χ4n) is 2.23. The van der Waals surface area contributed by atoms with Crippen molar-refractivity contribution in [3.8, 4) is 0 Å². The van der Waals surface area contributed by atoms with Crippen molar-refractivity contribution in [2.45, 2.75) is 47.5 Å². The van der Waals surface area contributed by atoms with Gasteiger partial charge in [-0.15, -0.1) is 0 Å². The maximum atomic E-state index is 5.70. The summed E-state index contributed by atoms with van der Waals surface area (Å²) in [6.07, 6.45) is 2.47. The van der Waals surface area contributed by atoms with Crippen molar-refractivity contribution in [1.29, 1.82) is 0 Å². The highest BCUT2D eigenvalue weighted by molar-refractivity contribution is 4.61. The van der Waals surface area contributed by atoms with Gasteiger partial charge in [0, 0.05) is 32.8 Å². The van der Waals surface area contributed by atoms with Crippen LogP contribution in [0.15, 0.2) is 0 Å². The zero-order valence-corrected chi connectivity index (χ0v) is 14.8. The van der Waals surface area contributed by atoms with Gasteiger partial charge >= 0.3 is 0 Å². The summed E-state index contributed by atoms with van der Waals surface area (Å²) in [5.41, 5.74) is 0. The van der Waals surface area contributed by atoms with E-state index in [-0.39, 0.29) is 0 Å². The maximum Gasteiger partial charge on any atom is 0.0593 e. The van der Waals surface area contributed by atoms with Gasteiger partial charge in [-0.05, 0) is 38.3 Å². The predicted molar refractivity (Wildman–Crippen MR) is 89.3 cm³/mol. The Morgan fingerprint density at radius 1 is 0.900 bits per heavy atom. The summed E-state index contributed by atoms with van der Waals surface area (Å²) in [6, 6.07) is 0. The first-order valence-electron chi connectivity index (χ1n) is 8.44. The Morgan fingerprint density at radius 3 is 2.15 bits per heavy atom. The van der Waals surface area contributed by atoms with Gasteiger partial charge in [0.1, 0.15) is 0 Å². The minimum Gasteiger partial charge on any atom is -0.380 e. The van der Waals surface area contributed by atoms with Crippen LogP contribution in [0.5, 0.6) is 0 Å². The minimum atomic E-state index is 0.754. The largest absolute Gasteiger partial charge is 0.380 e. The van der Waals surface area contributed by atoms with Gasteiger partial charge < -0.3 is 14.5 Å². The molecule has 0 fully saturated rings. The van der Waals surface area contributed by atoms with E-state index in [1.807, 2.05) is 0 Å². The molecule has 0 aromatic carbocycles. The molecule has 0 amide bonds. The summed E-state index contributed by atoms with van der Waals surface area (Å²) in [5.74, 6) is 1.55. The number of hydrogen-bond acceptors (Lipinski definition) is 3. The second-order valence-electron chi connectivity index (χ2n) is 6.74. The summed E-state index contributed by atoms with van der Waals surface area (Å²) >= 11 is 0. The predicted octanol–water partition coefficient (Wildman–Crippen LogP) is 3.35. The molecule has 0 atom stereocenters. The van der Waals surface area contributed by atoms with Crippen LogP contribution in [0.2, 0.25) is 0 Å². The SMILES string of the molecule is CCN(CCN(C)CCOCCCC(C)C)CC(C)C. The Hall–Kier alpha value is -0.120. The van der Waals surface area contributed by atoms with Crippen LogP contribution in [0, 0.1) is 11.8 Å². The number of rotatable bonds is 13. The van der Waals surface area contributed by atoms with E-state index in [1.54, 1.807) is 0 Å². The Bertz CT molecular complexity index is 207. The fourth-order valence-corrected chi connectivity index (χ4v) is 2.23. The van der Waals surface area contributed by atoms with Gasteiger partial charge in [-0.25, -0.2) is 0 Å². The smallest absolute Gasteiger partial charge is 0.0593 e. The third kappa shape index (κ3) is 12.9. The fraction of sp³-hybridized carbons (Fsp3) is 1.00. The lowest BCUT2D eigenvalue weighted by Crippen LogP contribution is -2.36. The Labute approximate surface area is 127 Å². The molecule has 0 rings (SSSR count). The number of likely N-dealkylation sites (N-methyl/N-ethyl adjacent to an activating group) is 2. The molecular weight excluding hydrogens is 248 g/mol. The van der Waals surface area contributed by atoms with E-state index < -0.39 is 0 Å². The molecule has 3 nitrogen and oxygen atoms in total. The van der Waals surface area contributed by atoms with Crippen molar-refractivity contribution in [2.75, 3.05) is 53.0 Å². The van der Waals surface area contributed by atoms with Crippen LogP contribution in [0.4, 0.5) is 0 Å². The number of nitrogens with zero attached hydrogens (tertiary/aromatic N) is 2. The number of hydrogen-bond donors (Lipinski definition) is 0. The van der Waals surface area contributed by atoms with Crippen LogP contribution in [-0.2, 0) is 4.74 Å². The molecule has 0 aromatic rings. The van der Waals surface area contributed by atoms with Gasteiger partial charge in [0.15, 0.2) is 0 Å². The zero-order valence-electron chi connectivity index (χ0n) is 14.8. The van der Waals surface area contributed by atoms with Gasteiger partial charge in [-0.3, -0.25) is 0 Å². The molecule has 3 heteroatoms. The van der Waals surface area contributed by atoms with Crippen molar-refractivity contribution in [1.82, 2.24) is 9.80 Å². The molecule has 0 N–H and O–H groups in total. The molecule has 20 heavy (non-hydrogen) atoms. The summed E-state index contributed by atoms with van der Waals surface area (Å²) < 4.78 is 5.70. The van der Waals surface area contributed by atoms with Gasteiger partial charge in [0.2, 0.25) is 0 Å². The first kappa shape index (κ1) is 19.9. The van der Waals surface area contributed by atoms with Crippen molar-refractivity contribution in [3.05, 3.63) is 0 Å². The summed E-state index contributed by atoms with van der Waals surface area (Å²) in [4.78, 5) is 4.91. The Balaban J connectivity index is 3.50. The van der Waals surface area contributed by atoms with Crippen LogP contribution in [0.3, 0.4) is 0 Å². The molecule has 0 aromatic heterocycles. The highest BCUT2D eigenvalue weighted by atomic mass is 16.5. The molecule has 0 saturated carbocycles. The van der Waals surface area contributed by atoms with Crippen molar-refractivity contribution in [2.24, 2.45) is 11.8 Å². The monoisotopic (exact) mass is 286 g/mol. The van der Waals surface area contributed by atoms with Crippen LogP contribution in [0.1, 0.15) is 47.5 Å². The quantitative estimate of drug-likeness (QED) is 0.483. The molecule has 122 valence electrons. The molecule has 0 bridgehead atoms. The third-order valence-electron chi connectivity index (χ3n) is 3.56. The highest BCUT2D eigenvalue weighted by Gasteiger charge is 2.06. The van der Waals surface area contributed by atoms with Gasteiger partial charge in [0.05, 0.1) is 6.61 Å². The molecule has 0 radical (unpaired) electrons. The van der Waals surface area contributed by atoms with Crippen LogP contribution in [0.25, 0.3) is 0 Å². The minimum absolute atomic E-state index is 0.754. The van der Waals surface area contributed by atoms with Crippen molar-refractivity contribution < 1.29 is 4.74 Å². The molecule has 0 aliphatic carbocycles. The topological polar surface area (TPSA) is 15.7 Å². The highest BCUT2D eigenvalue weighted by Crippen LogP contribution is 2.03. The van der Waals surface area contributed by atoms with E-state index in [1.165, 1.54) is 25.9 Å². The third-order valence-corrected chi connectivity index (χ3v) is 3.56. The van der Waals surface area contributed by atoms with Gasteiger partial charge in [0.25, 0.3) is 0 Å². The summed E-state index contributed by atoms with van der Waals surface area (Å²) in [7, 11) is 2.20. The lowest BCUT2D eigenvalue weighted by atomic mass is 10.1. The summed E-state index contributed by atoms with van der Waals surface area (Å²) in [6.45, 7) is 18.8. The average Bonchev–Trinajstić information content (AvgIpc) is 2.37. The second-order valence-corrected chi connectivity index (χ2v) is 6.74. The van der Waals surface area contributed by atoms with Crippen LogP contribution < -0.4 is 0 Å². The molecule has 0 spiro atoms. The average molecular weight is 287 g/mol. The Kier molecular flexibility index (Phi) is 12.5. The molecule has 0 aliphatic heterocycles. The van der Waals surface area contributed by atoms with Crippen molar-refractivity contribution >= 4 is 0 Å². The summed E-state index contributed by atoms with van der Waals surface area (Å²) in [5, 5.41) is 0. The van der Waals surface area contributed by atoms with Crippen LogP contribution in [-0.4, -0.2) is 62.8 Å². The molecule has 0 heterocycles. The normalized spacial score (nSPS) is 12.3. The van der Waals surface area contributed by atoms with E-state index >= 15 is 0 Å². The first-order valence-corrected chi connectivity index (χ1v) is 8.44. The first-order chi connectivity index (χ1) is 9.45. The van der Waals surface area contributed by atoms with E-state index in [0.29, 0.717) is 0 Å². The lowest BCUT2D eigenvalue weighted by molar-refractivity contribution is 0.102. The van der Waals surface area contributed by atoms with Gasteiger partial charge in [-0.1, -0.05) is 34.6 Å². The Morgan fingerprint density at radius 2 is 1.60 bits per heavy atom. The standard InChI is InChI=1S/C17H38N2O/c1-7-19(15-17(4)5)11-10-18(6)12-14-20-13-8-9-16(2)3/h16-17H,7-15H2,1-6H3. The van der Waals surface area contributed by atoms with Gasteiger partial charge in [-0.2, -0.15) is 0 Å².